The van der Waals surface area contributed by atoms with E-state index in [1.54, 1.807) is 11.3 Å². The Morgan fingerprint density at radius 1 is 1.43 bits per heavy atom. The Labute approximate surface area is 94.5 Å². The molecule has 0 fully saturated rings. The van der Waals surface area contributed by atoms with Crippen molar-refractivity contribution in [3.05, 3.63) is 27.5 Å². The lowest BCUT2D eigenvalue weighted by molar-refractivity contribution is 0.425. The minimum absolute atomic E-state index is 0.552. The van der Waals surface area contributed by atoms with Crippen LogP contribution in [0.4, 0.5) is 0 Å². The molecule has 0 aliphatic carbocycles. The van der Waals surface area contributed by atoms with Crippen LogP contribution < -0.4 is 5.46 Å². The van der Waals surface area contributed by atoms with Crippen molar-refractivity contribution in [3.8, 4) is 0 Å². The Kier molecular flexibility index (Phi) is 2.66. The van der Waals surface area contributed by atoms with Crippen molar-refractivity contribution in [2.24, 2.45) is 0 Å². The van der Waals surface area contributed by atoms with E-state index in [0.717, 1.165) is 20.1 Å². The molecule has 2 rings (SSSR count). The molecule has 0 aliphatic rings. The third-order valence-corrected chi connectivity index (χ3v) is 3.92. The van der Waals surface area contributed by atoms with Crippen LogP contribution in [0.2, 0.25) is 0 Å². The zero-order chi connectivity index (χ0) is 10.3. The first kappa shape index (κ1) is 10.2. The zero-order valence-corrected chi connectivity index (χ0v) is 9.89. The second-order valence-corrected chi connectivity index (χ2v) is 4.87. The number of aryl methyl sites for hydroxylation is 1. The molecule has 72 valence electrons. The third kappa shape index (κ3) is 1.50. The molecule has 2 nitrogen and oxygen atoms in total. The van der Waals surface area contributed by atoms with E-state index in [-0.39, 0.29) is 0 Å². The van der Waals surface area contributed by atoms with E-state index in [4.69, 9.17) is 0 Å². The third-order valence-electron chi connectivity index (χ3n) is 2.20. The van der Waals surface area contributed by atoms with Crippen molar-refractivity contribution in [2.75, 3.05) is 0 Å². The average Bonchev–Trinajstić information content (AvgIpc) is 2.50. The van der Waals surface area contributed by atoms with E-state index < -0.39 is 7.12 Å². The van der Waals surface area contributed by atoms with Gasteiger partial charge in [0.2, 0.25) is 0 Å². The SMILES string of the molecule is Cc1cc2sccc2c(Br)c1B(O)O. The zero-order valence-electron chi connectivity index (χ0n) is 7.49. The van der Waals surface area contributed by atoms with Crippen LogP contribution in [0.15, 0.2) is 22.0 Å². The second kappa shape index (κ2) is 3.66. The highest BCUT2D eigenvalue weighted by molar-refractivity contribution is 9.10. The quantitative estimate of drug-likeness (QED) is 0.774. The van der Waals surface area contributed by atoms with Crippen molar-refractivity contribution in [3.63, 3.8) is 0 Å². The van der Waals surface area contributed by atoms with E-state index in [1.165, 1.54) is 0 Å². The van der Waals surface area contributed by atoms with Crippen LogP contribution in [0.5, 0.6) is 0 Å². The van der Waals surface area contributed by atoms with Gasteiger partial charge in [-0.3, -0.25) is 0 Å². The summed E-state index contributed by atoms with van der Waals surface area (Å²) in [5.74, 6) is 0. The summed E-state index contributed by atoms with van der Waals surface area (Å²) in [6, 6.07) is 3.94. The molecule has 0 spiro atoms. The lowest BCUT2D eigenvalue weighted by atomic mass is 9.77. The standard InChI is InChI=1S/C9H8BBrO2S/c1-5-4-7-6(2-3-14-7)9(11)8(5)10(12)13/h2-4,12-13H,1H3. The van der Waals surface area contributed by atoms with Gasteiger partial charge in [0.25, 0.3) is 0 Å². The molecule has 5 heteroatoms. The fourth-order valence-electron chi connectivity index (χ4n) is 1.52. The molecule has 0 amide bonds. The van der Waals surface area contributed by atoms with Gasteiger partial charge in [0.05, 0.1) is 0 Å². The summed E-state index contributed by atoms with van der Waals surface area (Å²) >= 11 is 5.04. The number of fused-ring (bicyclic) bond motifs is 1. The van der Waals surface area contributed by atoms with E-state index in [1.807, 2.05) is 24.4 Å². The number of benzene rings is 1. The van der Waals surface area contributed by atoms with Crippen LogP contribution in [-0.4, -0.2) is 17.2 Å². The Bertz CT molecular complexity index is 481. The molecule has 2 N–H and O–H groups in total. The van der Waals surface area contributed by atoms with E-state index in [9.17, 15) is 10.0 Å². The molecule has 0 atom stereocenters. The van der Waals surface area contributed by atoms with Crippen LogP contribution in [0.25, 0.3) is 10.1 Å². The van der Waals surface area contributed by atoms with Crippen molar-refractivity contribution in [1.82, 2.24) is 0 Å². The molecule has 0 unspecified atom stereocenters. The Hall–Kier alpha value is -0.355. The smallest absolute Gasteiger partial charge is 0.423 e. The maximum Gasteiger partial charge on any atom is 0.489 e. The van der Waals surface area contributed by atoms with Crippen molar-refractivity contribution < 1.29 is 10.0 Å². The van der Waals surface area contributed by atoms with Gasteiger partial charge in [-0.15, -0.1) is 11.3 Å². The van der Waals surface area contributed by atoms with Crippen LogP contribution >= 0.6 is 27.3 Å². The number of thiophene rings is 1. The molecular weight excluding hydrogens is 263 g/mol. The molecule has 0 bridgehead atoms. The Morgan fingerprint density at radius 3 is 2.79 bits per heavy atom. The van der Waals surface area contributed by atoms with Crippen LogP contribution in [0.3, 0.4) is 0 Å². The Morgan fingerprint density at radius 2 is 2.14 bits per heavy atom. The molecule has 1 aromatic heterocycles. The van der Waals surface area contributed by atoms with Gasteiger partial charge >= 0.3 is 7.12 Å². The van der Waals surface area contributed by atoms with E-state index in [2.05, 4.69) is 15.9 Å². The summed E-state index contributed by atoms with van der Waals surface area (Å²) < 4.78 is 1.93. The van der Waals surface area contributed by atoms with E-state index in [0.29, 0.717) is 5.46 Å². The first-order chi connectivity index (χ1) is 6.61. The molecule has 0 saturated carbocycles. The molecule has 0 aliphatic heterocycles. The van der Waals surface area contributed by atoms with E-state index >= 15 is 0 Å². The summed E-state index contributed by atoms with van der Waals surface area (Å²) in [7, 11) is -1.42. The van der Waals surface area contributed by atoms with Crippen molar-refractivity contribution in [1.29, 1.82) is 0 Å². The number of halogens is 1. The number of hydrogen-bond acceptors (Lipinski definition) is 3. The highest BCUT2D eigenvalue weighted by Crippen LogP contribution is 2.28. The maximum absolute atomic E-state index is 9.21. The van der Waals surface area contributed by atoms with Gasteiger partial charge in [-0.2, -0.15) is 0 Å². The van der Waals surface area contributed by atoms with Gasteiger partial charge in [0.1, 0.15) is 0 Å². The van der Waals surface area contributed by atoms with Crippen LogP contribution in [0.1, 0.15) is 5.56 Å². The van der Waals surface area contributed by atoms with Gasteiger partial charge in [-0.25, -0.2) is 0 Å². The average molecular weight is 271 g/mol. The highest BCUT2D eigenvalue weighted by Gasteiger charge is 2.19. The lowest BCUT2D eigenvalue weighted by Gasteiger charge is -2.08. The molecule has 0 radical (unpaired) electrons. The lowest BCUT2D eigenvalue weighted by Crippen LogP contribution is -2.33. The molecule has 14 heavy (non-hydrogen) atoms. The summed E-state index contributed by atoms with van der Waals surface area (Å²) in [5, 5.41) is 21.4. The minimum atomic E-state index is -1.42. The monoisotopic (exact) mass is 270 g/mol. The summed E-state index contributed by atoms with van der Waals surface area (Å²) in [5.41, 5.74) is 1.44. The largest absolute Gasteiger partial charge is 0.489 e. The second-order valence-electron chi connectivity index (χ2n) is 3.13. The van der Waals surface area contributed by atoms with Crippen molar-refractivity contribution in [2.45, 2.75) is 6.92 Å². The molecule has 0 saturated heterocycles. The highest BCUT2D eigenvalue weighted by atomic mass is 79.9. The fraction of sp³-hybridized carbons (Fsp3) is 0.111. The summed E-state index contributed by atoms with van der Waals surface area (Å²) in [6.45, 7) is 1.87. The Balaban J connectivity index is 2.82. The fourth-order valence-corrected chi connectivity index (χ4v) is 3.41. The molecular formula is C9H8BBrO2S. The predicted octanol–water partition coefficient (Wildman–Crippen LogP) is 1.65. The van der Waals surface area contributed by atoms with Gasteiger partial charge < -0.3 is 10.0 Å². The topological polar surface area (TPSA) is 40.5 Å². The van der Waals surface area contributed by atoms with Crippen molar-refractivity contribution >= 4 is 49.9 Å². The number of rotatable bonds is 1. The first-order valence-electron chi connectivity index (χ1n) is 4.13. The molecule has 1 heterocycles. The van der Waals surface area contributed by atoms with Gasteiger partial charge in [-0.1, -0.05) is 15.9 Å². The van der Waals surface area contributed by atoms with Crippen LogP contribution in [-0.2, 0) is 0 Å². The summed E-state index contributed by atoms with van der Waals surface area (Å²) in [6.07, 6.45) is 0. The molecule has 2 aromatic rings. The summed E-state index contributed by atoms with van der Waals surface area (Å²) in [4.78, 5) is 0. The van der Waals surface area contributed by atoms with Crippen LogP contribution in [0, 0.1) is 6.92 Å². The minimum Gasteiger partial charge on any atom is -0.423 e. The maximum atomic E-state index is 9.21. The number of hydrogen-bond donors (Lipinski definition) is 2. The first-order valence-corrected chi connectivity index (χ1v) is 5.81. The van der Waals surface area contributed by atoms with Gasteiger partial charge in [0, 0.05) is 14.6 Å². The predicted molar refractivity (Wildman–Crippen MR) is 64.1 cm³/mol. The van der Waals surface area contributed by atoms with Gasteiger partial charge in [0.15, 0.2) is 0 Å². The molecule has 1 aromatic carbocycles. The normalized spacial score (nSPS) is 10.9. The van der Waals surface area contributed by atoms with Gasteiger partial charge in [-0.05, 0) is 35.5 Å².